The molecule has 0 heterocycles. The monoisotopic (exact) mass is 203 g/mol. The quantitative estimate of drug-likeness (QED) is 0.567. The Hall–Kier alpha value is -2.15. The number of ether oxygens (including phenoxy) is 1. The lowest BCUT2D eigenvalue weighted by molar-refractivity contribution is 0.415. The Morgan fingerprint density at radius 3 is 2.73 bits per heavy atom. The molecule has 3 N–H and O–H groups in total. The van der Waals surface area contributed by atoms with Crippen molar-refractivity contribution in [1.82, 2.24) is 5.32 Å². The maximum absolute atomic E-state index is 8.32. The van der Waals surface area contributed by atoms with Crippen molar-refractivity contribution in [3.8, 4) is 11.8 Å². The van der Waals surface area contributed by atoms with Gasteiger partial charge in [-0.15, -0.1) is 0 Å². The molecular formula is C11H13N3O. The Bertz CT molecular complexity index is 376. The Morgan fingerprint density at radius 1 is 1.53 bits per heavy atom. The molecule has 4 nitrogen and oxygen atoms in total. The summed E-state index contributed by atoms with van der Waals surface area (Å²) in [5.74, 6) is 0.788. The van der Waals surface area contributed by atoms with E-state index >= 15 is 0 Å². The fourth-order valence-electron chi connectivity index (χ4n) is 1.07. The first-order chi connectivity index (χ1) is 7.27. The Labute approximate surface area is 89.0 Å². The van der Waals surface area contributed by atoms with Gasteiger partial charge in [0.05, 0.1) is 18.9 Å². The Balaban J connectivity index is 2.70. The average Bonchev–Trinajstić information content (AvgIpc) is 2.29. The van der Waals surface area contributed by atoms with Crippen LogP contribution >= 0.6 is 0 Å². The zero-order valence-corrected chi connectivity index (χ0v) is 8.53. The first-order valence-electron chi connectivity index (χ1n) is 4.48. The summed E-state index contributed by atoms with van der Waals surface area (Å²) in [5, 5.41) is 11.1. The highest BCUT2D eigenvalue weighted by Crippen LogP contribution is 2.14. The molecule has 1 aromatic carbocycles. The number of nitrogens with zero attached hydrogens (tertiary/aromatic N) is 1. The molecule has 0 fully saturated rings. The van der Waals surface area contributed by atoms with E-state index in [4.69, 9.17) is 15.7 Å². The minimum Gasteiger partial charge on any atom is -0.497 e. The number of hydrogen-bond donors (Lipinski definition) is 2. The van der Waals surface area contributed by atoms with Gasteiger partial charge in [0.2, 0.25) is 0 Å². The molecule has 1 aromatic rings. The average molecular weight is 203 g/mol. The molecule has 0 unspecified atom stereocenters. The van der Waals surface area contributed by atoms with Crippen LogP contribution in [0.3, 0.4) is 0 Å². The third-order valence-corrected chi connectivity index (χ3v) is 1.86. The van der Waals surface area contributed by atoms with Crippen LogP contribution in [0.2, 0.25) is 0 Å². The largest absolute Gasteiger partial charge is 0.497 e. The standard InChI is InChI=1S/C11H13N3O/c1-15-10-4-2-9(3-5-10)11(13)8-14-7-6-12/h2-5,8,14H,7,13H2,1H3/b11-8+. The molecule has 0 aliphatic carbocycles. The minimum atomic E-state index is 0.247. The van der Waals surface area contributed by atoms with Crippen LogP contribution in [0.1, 0.15) is 5.56 Å². The first-order valence-corrected chi connectivity index (χ1v) is 4.48. The van der Waals surface area contributed by atoms with Crippen LogP contribution in [0.5, 0.6) is 5.75 Å². The highest BCUT2D eigenvalue weighted by atomic mass is 16.5. The number of benzene rings is 1. The second kappa shape index (κ2) is 5.55. The lowest BCUT2D eigenvalue weighted by Gasteiger charge is -2.03. The molecule has 15 heavy (non-hydrogen) atoms. The van der Waals surface area contributed by atoms with E-state index in [1.165, 1.54) is 0 Å². The van der Waals surface area contributed by atoms with Crippen molar-refractivity contribution in [2.45, 2.75) is 0 Å². The molecule has 0 spiro atoms. The third kappa shape index (κ3) is 3.24. The molecule has 0 saturated carbocycles. The van der Waals surface area contributed by atoms with E-state index in [1.807, 2.05) is 30.3 Å². The van der Waals surface area contributed by atoms with Crippen molar-refractivity contribution in [2.24, 2.45) is 5.73 Å². The van der Waals surface area contributed by atoms with Crippen LogP contribution in [0.15, 0.2) is 30.5 Å². The predicted octanol–water partition coefficient (Wildman–Crippen LogP) is 1.07. The van der Waals surface area contributed by atoms with Gasteiger partial charge >= 0.3 is 0 Å². The summed E-state index contributed by atoms with van der Waals surface area (Å²) in [6.45, 7) is 0.247. The van der Waals surface area contributed by atoms with Crippen molar-refractivity contribution in [3.05, 3.63) is 36.0 Å². The van der Waals surface area contributed by atoms with Gasteiger partial charge in [-0.05, 0) is 29.8 Å². The molecule has 4 heteroatoms. The van der Waals surface area contributed by atoms with E-state index < -0.39 is 0 Å². The lowest BCUT2D eigenvalue weighted by atomic mass is 10.2. The number of methoxy groups -OCH3 is 1. The number of nitrogens with two attached hydrogens (primary N) is 1. The normalized spacial score (nSPS) is 10.5. The van der Waals surface area contributed by atoms with Gasteiger partial charge in [-0.3, -0.25) is 0 Å². The second-order valence-electron chi connectivity index (χ2n) is 2.87. The Kier molecular flexibility index (Phi) is 4.05. The predicted molar refractivity (Wildman–Crippen MR) is 58.8 cm³/mol. The molecule has 0 atom stereocenters. The van der Waals surface area contributed by atoms with Crippen molar-refractivity contribution < 1.29 is 4.74 Å². The fourth-order valence-corrected chi connectivity index (χ4v) is 1.07. The van der Waals surface area contributed by atoms with Crippen LogP contribution < -0.4 is 15.8 Å². The van der Waals surface area contributed by atoms with Gasteiger partial charge in [0.15, 0.2) is 0 Å². The zero-order valence-electron chi connectivity index (χ0n) is 8.53. The number of nitriles is 1. The van der Waals surface area contributed by atoms with Gasteiger partial charge in [-0.25, -0.2) is 0 Å². The number of hydrogen-bond acceptors (Lipinski definition) is 4. The summed E-state index contributed by atoms with van der Waals surface area (Å²) >= 11 is 0. The van der Waals surface area contributed by atoms with Crippen molar-refractivity contribution in [1.29, 1.82) is 5.26 Å². The fraction of sp³-hybridized carbons (Fsp3) is 0.182. The zero-order chi connectivity index (χ0) is 11.1. The van der Waals surface area contributed by atoms with Crippen LogP contribution in [0.25, 0.3) is 5.70 Å². The molecule has 0 radical (unpaired) electrons. The number of nitrogens with one attached hydrogen (secondary N) is 1. The molecule has 78 valence electrons. The molecule has 0 aliphatic heterocycles. The topological polar surface area (TPSA) is 71.1 Å². The molecule has 1 rings (SSSR count). The van der Waals surface area contributed by atoms with E-state index in [1.54, 1.807) is 13.3 Å². The second-order valence-corrected chi connectivity index (χ2v) is 2.87. The van der Waals surface area contributed by atoms with E-state index in [9.17, 15) is 0 Å². The summed E-state index contributed by atoms with van der Waals surface area (Å²) in [6.07, 6.45) is 1.62. The highest BCUT2D eigenvalue weighted by Gasteiger charge is 1.96. The maximum atomic E-state index is 8.32. The highest BCUT2D eigenvalue weighted by molar-refractivity contribution is 5.62. The van der Waals surface area contributed by atoms with Gasteiger partial charge in [-0.1, -0.05) is 0 Å². The van der Waals surface area contributed by atoms with E-state index in [0.717, 1.165) is 11.3 Å². The van der Waals surface area contributed by atoms with E-state index in [0.29, 0.717) is 5.70 Å². The van der Waals surface area contributed by atoms with E-state index in [-0.39, 0.29) is 6.54 Å². The summed E-state index contributed by atoms with van der Waals surface area (Å²) in [4.78, 5) is 0. The van der Waals surface area contributed by atoms with Gasteiger partial charge in [0.25, 0.3) is 0 Å². The lowest BCUT2D eigenvalue weighted by Crippen LogP contribution is -2.08. The van der Waals surface area contributed by atoms with Crippen LogP contribution in [-0.4, -0.2) is 13.7 Å². The van der Waals surface area contributed by atoms with Gasteiger partial charge < -0.3 is 15.8 Å². The smallest absolute Gasteiger partial charge is 0.118 e. The van der Waals surface area contributed by atoms with Crippen molar-refractivity contribution in [2.75, 3.05) is 13.7 Å². The van der Waals surface area contributed by atoms with Gasteiger partial charge in [-0.2, -0.15) is 5.26 Å². The van der Waals surface area contributed by atoms with Crippen LogP contribution in [0.4, 0.5) is 0 Å². The van der Waals surface area contributed by atoms with Crippen molar-refractivity contribution in [3.63, 3.8) is 0 Å². The third-order valence-electron chi connectivity index (χ3n) is 1.86. The van der Waals surface area contributed by atoms with Crippen LogP contribution in [0, 0.1) is 11.3 Å². The maximum Gasteiger partial charge on any atom is 0.118 e. The molecule has 0 amide bonds. The SMILES string of the molecule is COc1ccc(/C(N)=C\NCC#N)cc1. The number of rotatable bonds is 4. The Morgan fingerprint density at radius 2 is 2.20 bits per heavy atom. The summed E-state index contributed by atoms with van der Waals surface area (Å²) in [5.41, 5.74) is 7.26. The van der Waals surface area contributed by atoms with Gasteiger partial charge in [0, 0.05) is 6.20 Å². The summed E-state index contributed by atoms with van der Waals surface area (Å²) in [6, 6.07) is 9.35. The van der Waals surface area contributed by atoms with Crippen molar-refractivity contribution >= 4 is 5.70 Å². The minimum absolute atomic E-state index is 0.247. The molecule has 0 aromatic heterocycles. The van der Waals surface area contributed by atoms with Gasteiger partial charge in [0.1, 0.15) is 12.3 Å². The first kappa shape index (κ1) is 10.9. The molecule has 0 bridgehead atoms. The summed E-state index contributed by atoms with van der Waals surface area (Å²) < 4.78 is 5.03. The molecule has 0 saturated heterocycles. The van der Waals surface area contributed by atoms with E-state index in [2.05, 4.69) is 5.32 Å². The molecular weight excluding hydrogens is 190 g/mol. The summed E-state index contributed by atoms with van der Waals surface area (Å²) in [7, 11) is 1.61. The van der Waals surface area contributed by atoms with Crippen LogP contribution in [-0.2, 0) is 0 Å². The molecule has 0 aliphatic rings.